The number of alkyl halides is 3. The Morgan fingerprint density at radius 2 is 1.94 bits per heavy atom. The lowest BCUT2D eigenvalue weighted by molar-refractivity contribution is -0.138. The first kappa shape index (κ1) is 23.9. The largest absolute Gasteiger partial charge is 0.416 e. The molecule has 2 aromatic carbocycles. The van der Waals surface area contributed by atoms with Crippen molar-refractivity contribution in [1.29, 1.82) is 0 Å². The molecule has 1 amide bonds. The van der Waals surface area contributed by atoms with Crippen LogP contribution < -0.4 is 10.2 Å². The lowest BCUT2D eigenvalue weighted by Gasteiger charge is -2.40. The standard InChI is InChI=1S/C26H29F3N4O/c1-16-15-32(12-13-33(16)19(4)34)20-8-9-24-22(14-20)25(10-11-30-24)31-18(3)21-6-5-7-23(17(21)2)26(27,28)29/h5-11,14,16,18H,12-13,15H2,1-4H3,(H,30,31)/t16-,18+/m0/s1. The molecule has 0 radical (unpaired) electrons. The van der Waals surface area contributed by atoms with Crippen LogP contribution in [0.25, 0.3) is 10.9 Å². The van der Waals surface area contributed by atoms with Gasteiger partial charge in [0.15, 0.2) is 0 Å². The average Bonchev–Trinajstić information content (AvgIpc) is 2.78. The number of anilines is 2. The molecule has 4 rings (SSSR count). The average molecular weight is 471 g/mol. The topological polar surface area (TPSA) is 48.5 Å². The van der Waals surface area contributed by atoms with Gasteiger partial charge in [0.05, 0.1) is 11.1 Å². The Morgan fingerprint density at radius 1 is 1.18 bits per heavy atom. The summed E-state index contributed by atoms with van der Waals surface area (Å²) in [6.45, 7) is 9.15. The summed E-state index contributed by atoms with van der Waals surface area (Å²) in [5.41, 5.74) is 2.86. The third-order valence-corrected chi connectivity index (χ3v) is 6.64. The lowest BCUT2D eigenvalue weighted by Crippen LogP contribution is -2.53. The van der Waals surface area contributed by atoms with Gasteiger partial charge in [-0.15, -0.1) is 0 Å². The Morgan fingerprint density at radius 3 is 2.62 bits per heavy atom. The minimum Gasteiger partial charge on any atom is -0.378 e. The van der Waals surface area contributed by atoms with E-state index in [1.165, 1.54) is 13.0 Å². The Bertz CT molecular complexity index is 1210. The first-order chi connectivity index (χ1) is 16.1. The predicted molar refractivity (Wildman–Crippen MR) is 129 cm³/mol. The molecule has 180 valence electrons. The molecule has 0 saturated carbocycles. The van der Waals surface area contributed by atoms with E-state index in [0.717, 1.165) is 41.4 Å². The van der Waals surface area contributed by atoms with Crippen molar-refractivity contribution in [3.63, 3.8) is 0 Å². The van der Waals surface area contributed by atoms with Crippen LogP contribution in [0, 0.1) is 6.92 Å². The zero-order valence-electron chi connectivity index (χ0n) is 19.8. The summed E-state index contributed by atoms with van der Waals surface area (Å²) in [4.78, 5) is 20.4. The fourth-order valence-electron chi connectivity index (χ4n) is 4.86. The molecule has 1 aliphatic heterocycles. The summed E-state index contributed by atoms with van der Waals surface area (Å²) >= 11 is 0. The number of carbonyl (C=O) groups is 1. The van der Waals surface area contributed by atoms with Crippen molar-refractivity contribution in [2.75, 3.05) is 29.9 Å². The van der Waals surface area contributed by atoms with E-state index in [-0.39, 0.29) is 23.6 Å². The molecule has 2 atom stereocenters. The second-order valence-electron chi connectivity index (χ2n) is 8.95. The molecular weight excluding hydrogens is 441 g/mol. The second kappa shape index (κ2) is 9.16. The van der Waals surface area contributed by atoms with Crippen molar-refractivity contribution in [1.82, 2.24) is 9.88 Å². The van der Waals surface area contributed by atoms with Crippen molar-refractivity contribution < 1.29 is 18.0 Å². The number of nitrogens with one attached hydrogen (secondary N) is 1. The van der Waals surface area contributed by atoms with Gasteiger partial charge in [0.25, 0.3) is 0 Å². The van der Waals surface area contributed by atoms with E-state index in [4.69, 9.17) is 0 Å². The SMILES string of the molecule is CC(=O)N1CCN(c2ccc3nccc(N[C@H](C)c4cccc(C(F)(F)F)c4C)c3c2)C[C@@H]1C. The normalized spacial score (nSPS) is 17.7. The minimum absolute atomic E-state index is 0.0835. The maximum absolute atomic E-state index is 13.4. The van der Waals surface area contributed by atoms with Crippen LogP contribution in [0.4, 0.5) is 24.5 Å². The van der Waals surface area contributed by atoms with Gasteiger partial charge in [-0.2, -0.15) is 13.2 Å². The lowest BCUT2D eigenvalue weighted by atomic mass is 9.97. The number of hydrogen-bond donors (Lipinski definition) is 1. The highest BCUT2D eigenvalue weighted by Crippen LogP contribution is 2.36. The highest BCUT2D eigenvalue weighted by atomic mass is 19.4. The summed E-state index contributed by atoms with van der Waals surface area (Å²) in [7, 11) is 0. The molecule has 8 heteroatoms. The van der Waals surface area contributed by atoms with Crippen LogP contribution in [-0.4, -0.2) is 41.5 Å². The van der Waals surface area contributed by atoms with E-state index in [2.05, 4.69) is 21.3 Å². The highest BCUT2D eigenvalue weighted by molar-refractivity contribution is 5.93. The van der Waals surface area contributed by atoms with E-state index in [1.54, 1.807) is 19.2 Å². The van der Waals surface area contributed by atoms with Gasteiger partial charge in [-0.25, -0.2) is 0 Å². The molecule has 5 nitrogen and oxygen atoms in total. The number of amides is 1. The molecule has 1 fully saturated rings. The zero-order chi connectivity index (χ0) is 24.6. The number of piperazine rings is 1. The van der Waals surface area contributed by atoms with Crippen LogP contribution in [0.2, 0.25) is 0 Å². The molecule has 1 aliphatic rings. The molecule has 3 aromatic rings. The number of rotatable bonds is 4. The van der Waals surface area contributed by atoms with E-state index in [1.807, 2.05) is 36.9 Å². The van der Waals surface area contributed by atoms with Gasteiger partial charge < -0.3 is 15.1 Å². The summed E-state index contributed by atoms with van der Waals surface area (Å²) in [5, 5.41) is 4.30. The molecule has 34 heavy (non-hydrogen) atoms. The van der Waals surface area contributed by atoms with E-state index < -0.39 is 11.7 Å². The Balaban J connectivity index is 1.63. The molecule has 2 heterocycles. The number of pyridine rings is 1. The van der Waals surface area contributed by atoms with Crippen LogP contribution in [0.15, 0.2) is 48.7 Å². The molecule has 1 N–H and O–H groups in total. The fraction of sp³-hybridized carbons (Fsp3) is 0.385. The van der Waals surface area contributed by atoms with E-state index in [0.29, 0.717) is 12.1 Å². The molecule has 0 bridgehead atoms. The van der Waals surface area contributed by atoms with Crippen LogP contribution >= 0.6 is 0 Å². The maximum Gasteiger partial charge on any atom is 0.416 e. The molecule has 0 spiro atoms. The van der Waals surface area contributed by atoms with Crippen molar-refractivity contribution in [3.05, 3.63) is 65.4 Å². The number of benzene rings is 2. The summed E-state index contributed by atoms with van der Waals surface area (Å²) < 4.78 is 40.2. The van der Waals surface area contributed by atoms with Gasteiger partial charge in [-0.05, 0) is 62.2 Å². The van der Waals surface area contributed by atoms with Crippen molar-refractivity contribution >= 4 is 28.2 Å². The molecule has 0 unspecified atom stereocenters. The first-order valence-electron chi connectivity index (χ1n) is 11.4. The third kappa shape index (κ3) is 4.67. The third-order valence-electron chi connectivity index (χ3n) is 6.64. The predicted octanol–water partition coefficient (Wildman–Crippen LogP) is 5.79. The number of aromatic nitrogens is 1. The van der Waals surface area contributed by atoms with Gasteiger partial charge >= 0.3 is 6.18 Å². The zero-order valence-corrected chi connectivity index (χ0v) is 19.8. The number of hydrogen-bond acceptors (Lipinski definition) is 4. The maximum atomic E-state index is 13.4. The van der Waals surface area contributed by atoms with Gasteiger partial charge in [-0.3, -0.25) is 9.78 Å². The summed E-state index contributed by atoms with van der Waals surface area (Å²) in [5.74, 6) is 0.0835. The summed E-state index contributed by atoms with van der Waals surface area (Å²) in [6.07, 6.45) is -2.69. The number of carbonyl (C=O) groups excluding carboxylic acids is 1. The van der Waals surface area contributed by atoms with Gasteiger partial charge in [0.1, 0.15) is 0 Å². The number of fused-ring (bicyclic) bond motifs is 1. The quantitative estimate of drug-likeness (QED) is 0.524. The van der Waals surface area contributed by atoms with Crippen LogP contribution in [0.1, 0.15) is 43.5 Å². The van der Waals surface area contributed by atoms with E-state index in [9.17, 15) is 18.0 Å². The molecule has 1 saturated heterocycles. The Labute approximate surface area is 197 Å². The van der Waals surface area contributed by atoms with Gasteiger partial charge in [0, 0.05) is 61.6 Å². The van der Waals surface area contributed by atoms with Crippen LogP contribution in [-0.2, 0) is 11.0 Å². The second-order valence-corrected chi connectivity index (χ2v) is 8.95. The minimum atomic E-state index is -4.39. The van der Waals surface area contributed by atoms with Crippen LogP contribution in [0.3, 0.4) is 0 Å². The molecule has 1 aromatic heterocycles. The monoisotopic (exact) mass is 470 g/mol. The number of nitrogens with zero attached hydrogens (tertiary/aromatic N) is 3. The number of halogens is 3. The first-order valence-corrected chi connectivity index (χ1v) is 11.4. The van der Waals surface area contributed by atoms with Crippen molar-refractivity contribution in [2.45, 2.75) is 46.0 Å². The van der Waals surface area contributed by atoms with Crippen LogP contribution in [0.5, 0.6) is 0 Å². The van der Waals surface area contributed by atoms with Gasteiger partial charge in [-0.1, -0.05) is 12.1 Å². The Kier molecular flexibility index (Phi) is 6.43. The highest BCUT2D eigenvalue weighted by Gasteiger charge is 2.33. The smallest absolute Gasteiger partial charge is 0.378 e. The summed E-state index contributed by atoms with van der Waals surface area (Å²) in [6, 6.07) is 12.0. The van der Waals surface area contributed by atoms with Crippen molar-refractivity contribution in [3.8, 4) is 0 Å². The van der Waals surface area contributed by atoms with Crippen molar-refractivity contribution in [2.24, 2.45) is 0 Å². The van der Waals surface area contributed by atoms with E-state index >= 15 is 0 Å². The Hall–Kier alpha value is -3.29. The molecule has 0 aliphatic carbocycles. The molecular formula is C26H29F3N4O. The van der Waals surface area contributed by atoms with Gasteiger partial charge in [0.2, 0.25) is 5.91 Å². The fourth-order valence-corrected chi connectivity index (χ4v) is 4.86.